The second kappa shape index (κ2) is 7.64. The first-order valence-corrected chi connectivity index (χ1v) is 8.13. The minimum Gasteiger partial charge on any atom is -0.392 e. The maximum absolute atomic E-state index is 14.4. The quantitative estimate of drug-likeness (QED) is 0.645. The summed E-state index contributed by atoms with van der Waals surface area (Å²) in [6.07, 6.45) is -3.67. The third kappa shape index (κ3) is 3.87. The summed E-state index contributed by atoms with van der Waals surface area (Å²) in [4.78, 5) is 0. The van der Waals surface area contributed by atoms with Crippen molar-refractivity contribution >= 4 is 11.0 Å². The summed E-state index contributed by atoms with van der Waals surface area (Å²) < 4.78 is 69.3. The Kier molecular flexibility index (Phi) is 5.43. The number of rotatable bonds is 5. The van der Waals surface area contributed by atoms with Crippen molar-refractivity contribution in [1.29, 1.82) is 0 Å². The molecule has 0 saturated carbocycles. The number of halogens is 5. The Hall–Kier alpha value is -2.85. The lowest BCUT2D eigenvalue weighted by Gasteiger charge is -2.12. The number of hydrogen-bond acceptors (Lipinski definition) is 4. The number of hydrogen-bond donors (Lipinski definition) is 2. The first-order valence-electron chi connectivity index (χ1n) is 8.13. The number of benzene rings is 2. The van der Waals surface area contributed by atoms with Crippen LogP contribution in [0, 0.1) is 5.82 Å². The van der Waals surface area contributed by atoms with E-state index in [-0.39, 0.29) is 28.7 Å². The van der Waals surface area contributed by atoms with Crippen LogP contribution < -0.4 is 5.73 Å². The van der Waals surface area contributed by atoms with Gasteiger partial charge in [-0.3, -0.25) is 0 Å². The van der Waals surface area contributed by atoms with E-state index in [9.17, 15) is 27.1 Å². The average molecular weight is 398 g/mol. The molecule has 0 saturated heterocycles. The average Bonchev–Trinajstić information content (AvgIpc) is 3.04. The van der Waals surface area contributed by atoms with Gasteiger partial charge in [-0.25, -0.2) is 13.5 Å². The number of allylic oxidation sites excluding steroid dienone is 1. The molecule has 0 bridgehead atoms. The third-order valence-corrected chi connectivity index (χ3v) is 4.09. The molecule has 5 nitrogen and oxygen atoms in total. The van der Waals surface area contributed by atoms with Gasteiger partial charge in [0.05, 0.1) is 24.2 Å². The molecule has 0 atom stereocenters. The van der Waals surface area contributed by atoms with E-state index in [2.05, 4.69) is 10.3 Å². The smallest absolute Gasteiger partial charge is 0.392 e. The molecule has 28 heavy (non-hydrogen) atoms. The van der Waals surface area contributed by atoms with E-state index in [1.807, 2.05) is 0 Å². The second-order valence-corrected chi connectivity index (χ2v) is 6.00. The van der Waals surface area contributed by atoms with Gasteiger partial charge in [0, 0.05) is 17.7 Å². The van der Waals surface area contributed by atoms with Crippen LogP contribution in [0.3, 0.4) is 0 Å². The number of aliphatic hydroxyl groups excluding tert-OH is 1. The first kappa shape index (κ1) is 19.9. The van der Waals surface area contributed by atoms with Crippen LogP contribution in [0.15, 0.2) is 42.2 Å². The van der Waals surface area contributed by atoms with Crippen LogP contribution in [-0.4, -0.2) is 26.6 Å². The molecule has 0 aliphatic heterocycles. The molecule has 0 unspecified atom stereocenters. The molecule has 1 heterocycles. The molecule has 3 rings (SSSR count). The summed E-state index contributed by atoms with van der Waals surface area (Å²) in [6.45, 7) is -0.971. The van der Waals surface area contributed by atoms with Gasteiger partial charge in [0.1, 0.15) is 17.2 Å². The lowest BCUT2D eigenvalue weighted by Crippen LogP contribution is -2.07. The van der Waals surface area contributed by atoms with E-state index in [1.165, 1.54) is 12.1 Å². The predicted molar refractivity (Wildman–Crippen MR) is 92.1 cm³/mol. The molecule has 0 fully saturated rings. The highest BCUT2D eigenvalue weighted by atomic mass is 19.4. The molecule has 2 aromatic carbocycles. The molecule has 0 aliphatic rings. The van der Waals surface area contributed by atoms with Gasteiger partial charge in [0.15, 0.2) is 0 Å². The van der Waals surface area contributed by atoms with Crippen molar-refractivity contribution in [3.63, 3.8) is 0 Å². The van der Waals surface area contributed by atoms with Gasteiger partial charge in [0.2, 0.25) is 0 Å². The Labute approximate surface area is 155 Å². The van der Waals surface area contributed by atoms with Crippen LogP contribution in [-0.2, 0) is 19.3 Å². The lowest BCUT2D eigenvalue weighted by atomic mass is 9.98. The largest absolute Gasteiger partial charge is 0.416 e. The van der Waals surface area contributed by atoms with Gasteiger partial charge in [-0.15, -0.1) is 5.10 Å². The maximum Gasteiger partial charge on any atom is 0.416 e. The Morgan fingerprint density at radius 3 is 2.57 bits per heavy atom. The van der Waals surface area contributed by atoms with Crippen LogP contribution in [0.4, 0.5) is 22.0 Å². The topological polar surface area (TPSA) is 77.0 Å². The van der Waals surface area contributed by atoms with Gasteiger partial charge < -0.3 is 10.8 Å². The van der Waals surface area contributed by atoms with Crippen molar-refractivity contribution in [3.8, 4) is 11.1 Å². The fourth-order valence-electron chi connectivity index (χ4n) is 2.77. The van der Waals surface area contributed by atoms with E-state index < -0.39 is 36.5 Å². The van der Waals surface area contributed by atoms with Gasteiger partial charge >= 0.3 is 6.18 Å². The standard InChI is InChI=1S/C18H15F5N4O/c19-12(3-4-24)8-27-16-7-11(18(21,22)23)6-14(17(16)25-26-27)13-5-10(9-28)1-2-15(13)20/h1-3,5-7,28H,4,8-9,24H2/b12-3-. The molecule has 0 spiro atoms. The number of nitrogens with two attached hydrogens (primary N) is 1. The Morgan fingerprint density at radius 1 is 1.18 bits per heavy atom. The van der Waals surface area contributed by atoms with Crippen molar-refractivity contribution in [2.45, 2.75) is 19.3 Å². The molecule has 0 aliphatic carbocycles. The number of aliphatic hydroxyl groups is 1. The molecule has 148 valence electrons. The summed E-state index contributed by atoms with van der Waals surface area (Å²) in [5.74, 6) is -1.48. The van der Waals surface area contributed by atoms with Crippen molar-refractivity contribution < 1.29 is 27.1 Å². The van der Waals surface area contributed by atoms with Crippen LogP contribution in [0.5, 0.6) is 0 Å². The number of fused-ring (bicyclic) bond motifs is 1. The minimum atomic E-state index is -4.73. The first-order chi connectivity index (χ1) is 13.2. The van der Waals surface area contributed by atoms with E-state index in [1.54, 1.807) is 0 Å². The Bertz CT molecular complexity index is 1040. The normalized spacial score (nSPS) is 12.8. The maximum atomic E-state index is 14.4. The van der Waals surface area contributed by atoms with Crippen molar-refractivity contribution in [2.24, 2.45) is 5.73 Å². The van der Waals surface area contributed by atoms with Crippen LogP contribution in [0.1, 0.15) is 11.1 Å². The summed E-state index contributed by atoms with van der Waals surface area (Å²) in [5, 5.41) is 16.8. The molecule has 3 N–H and O–H groups in total. The summed E-state index contributed by atoms with van der Waals surface area (Å²) in [7, 11) is 0. The summed E-state index contributed by atoms with van der Waals surface area (Å²) >= 11 is 0. The molecular weight excluding hydrogens is 383 g/mol. The summed E-state index contributed by atoms with van der Waals surface area (Å²) in [6, 6.07) is 5.13. The lowest BCUT2D eigenvalue weighted by molar-refractivity contribution is -0.137. The molecule has 0 radical (unpaired) electrons. The Morgan fingerprint density at radius 2 is 1.93 bits per heavy atom. The van der Waals surface area contributed by atoms with Gasteiger partial charge in [-0.05, 0) is 35.9 Å². The van der Waals surface area contributed by atoms with E-state index in [4.69, 9.17) is 5.73 Å². The minimum absolute atomic E-state index is 0.0254. The van der Waals surface area contributed by atoms with E-state index in [0.29, 0.717) is 5.56 Å². The fraction of sp³-hybridized carbons (Fsp3) is 0.222. The highest BCUT2D eigenvalue weighted by Gasteiger charge is 2.33. The zero-order valence-electron chi connectivity index (χ0n) is 14.3. The van der Waals surface area contributed by atoms with Crippen molar-refractivity contribution in [3.05, 3.63) is 59.2 Å². The monoisotopic (exact) mass is 398 g/mol. The Balaban J connectivity index is 2.28. The summed E-state index contributed by atoms with van der Waals surface area (Å²) in [5.41, 5.74) is 4.00. The van der Waals surface area contributed by atoms with Crippen molar-refractivity contribution in [2.75, 3.05) is 6.54 Å². The van der Waals surface area contributed by atoms with Gasteiger partial charge in [0.25, 0.3) is 0 Å². The number of nitrogens with zero attached hydrogens (tertiary/aromatic N) is 3. The third-order valence-electron chi connectivity index (χ3n) is 4.09. The number of aromatic nitrogens is 3. The van der Waals surface area contributed by atoms with E-state index in [0.717, 1.165) is 29.0 Å². The van der Waals surface area contributed by atoms with Gasteiger partial charge in [-0.2, -0.15) is 13.2 Å². The second-order valence-electron chi connectivity index (χ2n) is 6.00. The molecular formula is C18H15F5N4O. The number of alkyl halides is 3. The zero-order valence-corrected chi connectivity index (χ0v) is 14.3. The molecule has 10 heteroatoms. The molecule has 0 amide bonds. The SMILES string of the molecule is NC/C=C(\F)Cn1nnc2c(-c3cc(CO)ccc3F)cc(C(F)(F)F)cc21. The van der Waals surface area contributed by atoms with Crippen LogP contribution in [0.25, 0.3) is 22.2 Å². The van der Waals surface area contributed by atoms with Crippen LogP contribution in [0.2, 0.25) is 0 Å². The molecule has 1 aromatic heterocycles. The van der Waals surface area contributed by atoms with Crippen molar-refractivity contribution in [1.82, 2.24) is 15.0 Å². The zero-order chi connectivity index (χ0) is 20.5. The molecule has 3 aromatic rings. The highest BCUT2D eigenvalue weighted by Crippen LogP contribution is 2.37. The highest BCUT2D eigenvalue weighted by molar-refractivity contribution is 5.92. The van der Waals surface area contributed by atoms with Crippen LogP contribution >= 0.6 is 0 Å². The van der Waals surface area contributed by atoms with Gasteiger partial charge in [-0.1, -0.05) is 11.3 Å². The fourth-order valence-corrected chi connectivity index (χ4v) is 2.77. The van der Waals surface area contributed by atoms with E-state index >= 15 is 0 Å². The predicted octanol–water partition coefficient (Wildman–Crippen LogP) is 3.56.